The predicted molar refractivity (Wildman–Crippen MR) is 103 cm³/mol. The molecule has 0 spiro atoms. The van der Waals surface area contributed by atoms with Gasteiger partial charge in [-0.2, -0.15) is 0 Å². The van der Waals surface area contributed by atoms with E-state index in [0.29, 0.717) is 12.3 Å². The highest BCUT2D eigenvalue weighted by atomic mass is 35.5. The Balaban J connectivity index is 1.72. The van der Waals surface area contributed by atoms with Crippen LogP contribution in [0.3, 0.4) is 0 Å². The molecule has 0 aliphatic carbocycles. The van der Waals surface area contributed by atoms with Gasteiger partial charge in [-0.3, -0.25) is 14.9 Å². The first-order valence-corrected chi connectivity index (χ1v) is 9.30. The van der Waals surface area contributed by atoms with Gasteiger partial charge in [0.05, 0.1) is 15.5 Å². The summed E-state index contributed by atoms with van der Waals surface area (Å²) in [5.41, 5.74) is 0.910. The third-order valence-electron chi connectivity index (χ3n) is 3.43. The molecule has 0 fully saturated rings. The van der Waals surface area contributed by atoms with Crippen LogP contribution in [-0.4, -0.2) is 35.7 Å². The molecule has 142 valence electrons. The largest absolute Gasteiger partial charge is 0.452 e. The molecule has 0 bridgehead atoms. The Hall–Kier alpha value is -2.58. The van der Waals surface area contributed by atoms with Crippen LogP contribution in [0.25, 0.3) is 0 Å². The fraction of sp³-hybridized carbons (Fsp3) is 0.222. The third-order valence-corrected chi connectivity index (χ3v) is 4.76. The van der Waals surface area contributed by atoms with E-state index in [4.69, 9.17) is 16.3 Å². The fourth-order valence-electron chi connectivity index (χ4n) is 2.04. The van der Waals surface area contributed by atoms with Crippen LogP contribution >= 0.6 is 23.4 Å². The van der Waals surface area contributed by atoms with Gasteiger partial charge < -0.3 is 10.1 Å². The zero-order chi connectivity index (χ0) is 19.8. The summed E-state index contributed by atoms with van der Waals surface area (Å²) in [4.78, 5) is 34.8. The van der Waals surface area contributed by atoms with Crippen LogP contribution < -0.4 is 5.32 Å². The average Bonchev–Trinajstić information content (AvgIpc) is 2.64. The highest BCUT2D eigenvalue weighted by Crippen LogP contribution is 2.23. The monoisotopic (exact) mass is 408 g/mol. The lowest BCUT2D eigenvalue weighted by Crippen LogP contribution is -2.30. The second-order valence-corrected chi connectivity index (χ2v) is 7.08. The number of aryl methyl sites for hydroxylation is 1. The summed E-state index contributed by atoms with van der Waals surface area (Å²) in [6.07, 6.45) is 0. The number of carbonyl (C=O) groups excluding carboxylic acids is 2. The number of ether oxygens (including phenoxy) is 1. The van der Waals surface area contributed by atoms with Gasteiger partial charge in [-0.05, 0) is 25.1 Å². The molecular formula is C18H17ClN2O5S. The molecule has 2 aromatic carbocycles. The van der Waals surface area contributed by atoms with E-state index in [2.05, 4.69) is 5.32 Å². The number of nitrogens with zero attached hydrogens (tertiary/aromatic N) is 1. The first kappa shape index (κ1) is 20.7. The maximum absolute atomic E-state index is 11.9. The summed E-state index contributed by atoms with van der Waals surface area (Å²) in [5, 5.41) is 13.2. The van der Waals surface area contributed by atoms with Crippen molar-refractivity contribution in [3.63, 3.8) is 0 Å². The van der Waals surface area contributed by atoms with E-state index < -0.39 is 23.4 Å². The average molecular weight is 409 g/mol. The van der Waals surface area contributed by atoms with Gasteiger partial charge in [0, 0.05) is 29.3 Å². The normalized spacial score (nSPS) is 10.3. The molecule has 0 atom stereocenters. The van der Waals surface area contributed by atoms with Crippen LogP contribution in [-0.2, 0) is 9.53 Å². The van der Waals surface area contributed by atoms with Crippen molar-refractivity contribution in [2.24, 2.45) is 0 Å². The van der Waals surface area contributed by atoms with Crippen molar-refractivity contribution in [2.75, 3.05) is 18.9 Å². The minimum atomic E-state index is -0.820. The Labute approximate surface area is 165 Å². The van der Waals surface area contributed by atoms with E-state index in [1.165, 1.54) is 11.6 Å². The molecule has 0 heterocycles. The molecular weight excluding hydrogens is 392 g/mol. The van der Waals surface area contributed by atoms with E-state index in [1.54, 1.807) is 11.8 Å². The zero-order valence-corrected chi connectivity index (χ0v) is 16.0. The smallest absolute Gasteiger partial charge is 0.340 e. The van der Waals surface area contributed by atoms with Gasteiger partial charge in [0.25, 0.3) is 11.6 Å². The molecule has 27 heavy (non-hydrogen) atoms. The van der Waals surface area contributed by atoms with Gasteiger partial charge in [0.2, 0.25) is 0 Å². The number of halogens is 1. The van der Waals surface area contributed by atoms with Crippen molar-refractivity contribution in [3.8, 4) is 0 Å². The number of hydrogen-bond acceptors (Lipinski definition) is 6. The maximum atomic E-state index is 11.9. The van der Waals surface area contributed by atoms with Crippen molar-refractivity contribution in [1.82, 2.24) is 5.32 Å². The second-order valence-electron chi connectivity index (χ2n) is 5.51. The van der Waals surface area contributed by atoms with Gasteiger partial charge in [-0.1, -0.05) is 29.3 Å². The van der Waals surface area contributed by atoms with E-state index in [9.17, 15) is 19.7 Å². The first-order valence-electron chi connectivity index (χ1n) is 7.94. The Kier molecular flexibility index (Phi) is 7.63. The van der Waals surface area contributed by atoms with E-state index in [0.717, 1.165) is 17.0 Å². The number of nitro groups is 1. The molecule has 7 nitrogen and oxygen atoms in total. The second kappa shape index (κ2) is 9.94. The van der Waals surface area contributed by atoms with Crippen LogP contribution in [0.5, 0.6) is 0 Å². The number of nitrogens with one attached hydrogen (secondary N) is 1. The minimum absolute atomic E-state index is 0.0370. The van der Waals surface area contributed by atoms with Gasteiger partial charge >= 0.3 is 5.97 Å². The summed E-state index contributed by atoms with van der Waals surface area (Å²) in [6, 6.07) is 11.5. The number of non-ortho nitro benzene ring substituents is 1. The number of esters is 1. The molecule has 0 aliphatic rings. The van der Waals surface area contributed by atoms with Crippen LogP contribution in [0.2, 0.25) is 5.02 Å². The van der Waals surface area contributed by atoms with Gasteiger partial charge in [0.15, 0.2) is 6.61 Å². The fourth-order valence-corrected chi connectivity index (χ4v) is 3.06. The molecule has 2 rings (SSSR count). The van der Waals surface area contributed by atoms with Crippen molar-refractivity contribution < 1.29 is 19.2 Å². The maximum Gasteiger partial charge on any atom is 0.340 e. The summed E-state index contributed by atoms with van der Waals surface area (Å²) in [6.45, 7) is 1.98. The van der Waals surface area contributed by atoms with Crippen molar-refractivity contribution in [2.45, 2.75) is 11.8 Å². The molecule has 1 N–H and O–H groups in total. The molecule has 0 radical (unpaired) electrons. The van der Waals surface area contributed by atoms with Gasteiger partial charge in [0.1, 0.15) is 0 Å². The number of carbonyl (C=O) groups is 2. The molecule has 0 unspecified atom stereocenters. The van der Waals surface area contributed by atoms with Crippen LogP contribution in [0.4, 0.5) is 5.69 Å². The number of hydrogen-bond donors (Lipinski definition) is 1. The van der Waals surface area contributed by atoms with E-state index in [1.807, 2.05) is 31.2 Å². The molecule has 2 aromatic rings. The Morgan fingerprint density at radius 2 is 1.93 bits per heavy atom. The van der Waals surface area contributed by atoms with Crippen LogP contribution in [0, 0.1) is 17.0 Å². The molecule has 0 saturated carbocycles. The molecule has 0 aliphatic heterocycles. The third kappa shape index (κ3) is 6.58. The van der Waals surface area contributed by atoms with Crippen molar-refractivity contribution in [1.29, 1.82) is 0 Å². The van der Waals surface area contributed by atoms with Crippen molar-refractivity contribution in [3.05, 3.63) is 68.7 Å². The summed E-state index contributed by atoms with van der Waals surface area (Å²) in [5.74, 6) is -0.582. The Morgan fingerprint density at radius 3 is 2.56 bits per heavy atom. The molecule has 0 saturated heterocycles. The summed E-state index contributed by atoms with van der Waals surface area (Å²) < 4.78 is 4.89. The minimum Gasteiger partial charge on any atom is -0.452 e. The quantitative estimate of drug-likeness (QED) is 0.235. The standard InChI is InChI=1S/C18H17ClN2O5S/c1-12-2-5-14(6-3-12)27-9-8-20-17(22)11-26-18(23)15-7-4-13(21(24)25)10-16(15)19/h2-7,10H,8-9,11H2,1H3,(H,20,22). The number of benzene rings is 2. The topological polar surface area (TPSA) is 98.5 Å². The zero-order valence-electron chi connectivity index (χ0n) is 14.4. The van der Waals surface area contributed by atoms with Crippen molar-refractivity contribution >= 4 is 40.9 Å². The number of rotatable bonds is 8. The van der Waals surface area contributed by atoms with Gasteiger partial charge in [-0.25, -0.2) is 4.79 Å². The molecule has 9 heteroatoms. The van der Waals surface area contributed by atoms with Crippen LogP contribution in [0.15, 0.2) is 47.4 Å². The lowest BCUT2D eigenvalue weighted by atomic mass is 10.2. The Morgan fingerprint density at radius 1 is 1.22 bits per heavy atom. The Bertz CT molecular complexity index is 842. The van der Waals surface area contributed by atoms with E-state index in [-0.39, 0.29) is 16.3 Å². The summed E-state index contributed by atoms with van der Waals surface area (Å²) in [7, 11) is 0. The van der Waals surface area contributed by atoms with Crippen LogP contribution in [0.1, 0.15) is 15.9 Å². The molecule has 1 amide bonds. The predicted octanol–water partition coefficient (Wildman–Crippen LogP) is 3.62. The van der Waals surface area contributed by atoms with E-state index >= 15 is 0 Å². The SMILES string of the molecule is Cc1ccc(SCCNC(=O)COC(=O)c2ccc([N+](=O)[O-])cc2Cl)cc1. The highest BCUT2D eigenvalue weighted by molar-refractivity contribution is 7.99. The lowest BCUT2D eigenvalue weighted by Gasteiger charge is -2.07. The number of thioether (sulfide) groups is 1. The molecule has 0 aromatic heterocycles. The van der Waals surface area contributed by atoms with Gasteiger partial charge in [-0.15, -0.1) is 11.8 Å². The number of nitro benzene ring substituents is 1. The first-order chi connectivity index (χ1) is 12.9. The lowest BCUT2D eigenvalue weighted by molar-refractivity contribution is -0.384. The summed E-state index contributed by atoms with van der Waals surface area (Å²) >= 11 is 7.45. The highest BCUT2D eigenvalue weighted by Gasteiger charge is 2.17. The number of amides is 1.